The average molecular weight is 339 g/mol. The van der Waals surface area contributed by atoms with Crippen LogP contribution in [0.5, 0.6) is 0 Å². The second-order valence-electron chi connectivity index (χ2n) is 6.04. The third-order valence-corrected chi connectivity index (χ3v) is 4.72. The summed E-state index contributed by atoms with van der Waals surface area (Å²) in [4.78, 5) is 14.1. The van der Waals surface area contributed by atoms with Gasteiger partial charge < -0.3 is 19.7 Å². The Morgan fingerprint density at radius 2 is 1.83 bits per heavy atom. The third-order valence-electron chi connectivity index (χ3n) is 4.47. The number of nitrogens with zero attached hydrogens (tertiary/aromatic N) is 1. The quantitative estimate of drug-likeness (QED) is 0.832. The molecule has 0 atom stereocenters. The summed E-state index contributed by atoms with van der Waals surface area (Å²) in [5.41, 5.74) is 1.21. The van der Waals surface area contributed by atoms with E-state index >= 15 is 0 Å². The predicted molar refractivity (Wildman–Crippen MR) is 88.5 cm³/mol. The smallest absolute Gasteiger partial charge is 0.236 e. The maximum atomic E-state index is 12.2. The number of carbonyl (C=O) groups is 1. The minimum atomic E-state index is -0.418. The number of amides is 1. The van der Waals surface area contributed by atoms with Gasteiger partial charge in [-0.1, -0.05) is 23.7 Å². The van der Waals surface area contributed by atoms with Crippen LogP contribution in [0, 0.1) is 0 Å². The lowest BCUT2D eigenvalue weighted by Gasteiger charge is -2.37. The van der Waals surface area contributed by atoms with Gasteiger partial charge in [-0.15, -0.1) is 0 Å². The average Bonchev–Trinajstić information content (AvgIpc) is 3.02. The van der Waals surface area contributed by atoms with Crippen LogP contribution in [0.15, 0.2) is 24.3 Å². The molecule has 0 radical (unpaired) electrons. The van der Waals surface area contributed by atoms with E-state index in [-0.39, 0.29) is 5.91 Å². The van der Waals surface area contributed by atoms with Gasteiger partial charge in [0.25, 0.3) is 0 Å². The van der Waals surface area contributed by atoms with Gasteiger partial charge in [0.1, 0.15) is 0 Å². The monoisotopic (exact) mass is 338 g/mol. The molecule has 5 nitrogen and oxygen atoms in total. The van der Waals surface area contributed by atoms with Gasteiger partial charge in [-0.05, 0) is 30.7 Å². The molecule has 2 aliphatic heterocycles. The molecule has 1 aromatic rings. The van der Waals surface area contributed by atoms with Crippen LogP contribution in [0.2, 0.25) is 5.02 Å². The number of hydrogen-bond donors (Lipinski definition) is 1. The maximum Gasteiger partial charge on any atom is 0.236 e. The zero-order valence-electron chi connectivity index (χ0n) is 13.2. The van der Waals surface area contributed by atoms with Crippen LogP contribution < -0.4 is 5.32 Å². The van der Waals surface area contributed by atoms with Gasteiger partial charge >= 0.3 is 0 Å². The van der Waals surface area contributed by atoms with Gasteiger partial charge in [0.15, 0.2) is 5.79 Å². The largest absolute Gasteiger partial charge is 0.347 e. The Hall–Kier alpha value is -1.14. The number of hydrogen-bond acceptors (Lipinski definition) is 4. The highest BCUT2D eigenvalue weighted by Crippen LogP contribution is 2.31. The highest BCUT2D eigenvalue weighted by atomic mass is 35.5. The lowest BCUT2D eigenvalue weighted by molar-refractivity contribution is -0.187. The number of rotatable bonds is 5. The molecule has 0 bridgehead atoms. The normalized spacial score (nSPS) is 20.1. The van der Waals surface area contributed by atoms with E-state index in [2.05, 4.69) is 5.32 Å². The SMILES string of the molecule is O=C(CNCCc1ccc(Cl)cc1)N1CCC2(CC1)OCCO2. The van der Waals surface area contributed by atoms with Crippen molar-refractivity contribution in [3.63, 3.8) is 0 Å². The number of carbonyl (C=O) groups excluding carboxylic acids is 1. The Balaban J connectivity index is 1.34. The van der Waals surface area contributed by atoms with E-state index in [1.807, 2.05) is 29.2 Å². The first-order valence-electron chi connectivity index (χ1n) is 8.18. The van der Waals surface area contributed by atoms with Crippen molar-refractivity contribution in [1.29, 1.82) is 0 Å². The number of halogens is 1. The maximum absolute atomic E-state index is 12.2. The van der Waals surface area contributed by atoms with Crippen LogP contribution in [0.4, 0.5) is 0 Å². The molecule has 2 saturated heterocycles. The van der Waals surface area contributed by atoms with Crippen molar-refractivity contribution in [2.24, 2.45) is 0 Å². The Morgan fingerprint density at radius 1 is 1.17 bits per heavy atom. The van der Waals surface area contributed by atoms with Crippen LogP contribution in [-0.2, 0) is 20.7 Å². The van der Waals surface area contributed by atoms with E-state index in [1.165, 1.54) is 5.56 Å². The van der Waals surface area contributed by atoms with Gasteiger partial charge in [0.2, 0.25) is 5.91 Å². The number of piperidine rings is 1. The molecule has 1 amide bonds. The summed E-state index contributed by atoms with van der Waals surface area (Å²) in [6.45, 7) is 3.90. The van der Waals surface area contributed by atoms with E-state index in [1.54, 1.807) is 0 Å². The zero-order chi connectivity index (χ0) is 16.1. The Labute approximate surface area is 141 Å². The summed E-state index contributed by atoms with van der Waals surface area (Å²) in [5.74, 6) is -0.271. The molecule has 1 spiro atoms. The summed E-state index contributed by atoms with van der Waals surface area (Å²) in [6, 6.07) is 7.80. The first-order chi connectivity index (χ1) is 11.2. The van der Waals surface area contributed by atoms with Gasteiger partial charge in [-0.3, -0.25) is 4.79 Å². The van der Waals surface area contributed by atoms with Crippen molar-refractivity contribution in [2.75, 3.05) is 39.4 Å². The standard InChI is InChI=1S/C17H23ClN2O3/c18-15-3-1-14(2-4-15)5-8-19-13-16(21)20-9-6-17(7-10-20)22-11-12-23-17/h1-4,19H,5-13H2. The summed E-state index contributed by atoms with van der Waals surface area (Å²) >= 11 is 5.86. The molecule has 126 valence electrons. The minimum absolute atomic E-state index is 0.147. The van der Waals surface area contributed by atoms with Crippen molar-refractivity contribution in [3.05, 3.63) is 34.9 Å². The molecule has 1 aromatic carbocycles. The molecular weight excluding hydrogens is 316 g/mol. The van der Waals surface area contributed by atoms with E-state index in [9.17, 15) is 4.79 Å². The fourth-order valence-electron chi connectivity index (χ4n) is 3.07. The number of ether oxygens (including phenoxy) is 2. The van der Waals surface area contributed by atoms with E-state index in [0.717, 1.165) is 30.8 Å². The van der Waals surface area contributed by atoms with Crippen LogP contribution in [0.1, 0.15) is 18.4 Å². The second kappa shape index (κ2) is 7.62. The van der Waals surface area contributed by atoms with Gasteiger partial charge in [-0.25, -0.2) is 0 Å². The van der Waals surface area contributed by atoms with E-state index in [0.29, 0.717) is 32.8 Å². The fourth-order valence-corrected chi connectivity index (χ4v) is 3.20. The third kappa shape index (κ3) is 4.44. The summed E-state index contributed by atoms with van der Waals surface area (Å²) in [5, 5.41) is 3.97. The first kappa shape index (κ1) is 16.7. The Morgan fingerprint density at radius 3 is 2.48 bits per heavy atom. The number of likely N-dealkylation sites (tertiary alicyclic amines) is 1. The molecule has 23 heavy (non-hydrogen) atoms. The lowest BCUT2D eigenvalue weighted by atomic mass is 10.0. The topological polar surface area (TPSA) is 50.8 Å². The molecule has 3 rings (SSSR count). The first-order valence-corrected chi connectivity index (χ1v) is 8.56. The fraction of sp³-hybridized carbons (Fsp3) is 0.588. The molecule has 0 unspecified atom stereocenters. The van der Waals surface area contributed by atoms with Gasteiger partial charge in [-0.2, -0.15) is 0 Å². The van der Waals surface area contributed by atoms with Crippen LogP contribution in [0.3, 0.4) is 0 Å². The van der Waals surface area contributed by atoms with Gasteiger partial charge in [0.05, 0.1) is 19.8 Å². The van der Waals surface area contributed by atoms with Crippen LogP contribution in [0.25, 0.3) is 0 Å². The Bertz CT molecular complexity index is 519. The van der Waals surface area contributed by atoms with Gasteiger partial charge in [0, 0.05) is 31.0 Å². The highest BCUT2D eigenvalue weighted by Gasteiger charge is 2.40. The van der Waals surface area contributed by atoms with Crippen molar-refractivity contribution in [1.82, 2.24) is 10.2 Å². The van der Waals surface area contributed by atoms with Crippen molar-refractivity contribution >= 4 is 17.5 Å². The summed E-state index contributed by atoms with van der Waals surface area (Å²) in [6.07, 6.45) is 2.42. The van der Waals surface area contributed by atoms with Crippen molar-refractivity contribution in [3.8, 4) is 0 Å². The van der Waals surface area contributed by atoms with E-state index < -0.39 is 5.79 Å². The predicted octanol–water partition coefficient (Wildman–Crippen LogP) is 1.84. The highest BCUT2D eigenvalue weighted by molar-refractivity contribution is 6.30. The number of nitrogens with one attached hydrogen (secondary N) is 1. The molecule has 2 fully saturated rings. The lowest BCUT2D eigenvalue weighted by Crippen LogP contribution is -2.49. The molecule has 2 heterocycles. The molecule has 6 heteroatoms. The Kier molecular flexibility index (Phi) is 5.54. The van der Waals surface area contributed by atoms with Crippen molar-refractivity contribution < 1.29 is 14.3 Å². The van der Waals surface area contributed by atoms with Crippen LogP contribution >= 0.6 is 11.6 Å². The molecule has 0 saturated carbocycles. The summed E-state index contributed by atoms with van der Waals surface area (Å²) in [7, 11) is 0. The zero-order valence-corrected chi connectivity index (χ0v) is 14.0. The van der Waals surface area contributed by atoms with Crippen molar-refractivity contribution in [2.45, 2.75) is 25.0 Å². The second-order valence-corrected chi connectivity index (χ2v) is 6.48. The molecule has 2 aliphatic rings. The molecular formula is C17H23ClN2O3. The van der Waals surface area contributed by atoms with Crippen LogP contribution in [-0.4, -0.2) is 56.0 Å². The minimum Gasteiger partial charge on any atom is -0.347 e. The summed E-state index contributed by atoms with van der Waals surface area (Å²) < 4.78 is 11.4. The molecule has 0 aliphatic carbocycles. The number of benzene rings is 1. The van der Waals surface area contributed by atoms with E-state index in [4.69, 9.17) is 21.1 Å². The molecule has 0 aromatic heterocycles. The molecule has 1 N–H and O–H groups in total.